The molecule has 5 nitrogen and oxygen atoms in total. The summed E-state index contributed by atoms with van der Waals surface area (Å²) in [6, 6.07) is 0. The van der Waals surface area contributed by atoms with Crippen LogP contribution >= 0.6 is 11.8 Å². The number of methoxy groups -OCH3 is 1. The van der Waals surface area contributed by atoms with Gasteiger partial charge in [0.25, 0.3) is 0 Å². The van der Waals surface area contributed by atoms with Crippen LogP contribution < -0.4 is 5.73 Å². The maximum Gasteiger partial charge on any atom is 0.325 e. The molecule has 0 radical (unpaired) electrons. The summed E-state index contributed by atoms with van der Waals surface area (Å²) in [5, 5.41) is 17.7. The lowest BCUT2D eigenvalue weighted by Crippen LogP contribution is -2.45. The third-order valence-electron chi connectivity index (χ3n) is 2.16. The monoisotopic (exact) mass is 251 g/mol. The smallest absolute Gasteiger partial charge is 0.325 e. The first-order chi connectivity index (χ1) is 7.44. The Bertz CT molecular complexity index is 211. The summed E-state index contributed by atoms with van der Waals surface area (Å²) >= 11 is 1.53. The Labute approximate surface area is 100 Å². The van der Waals surface area contributed by atoms with Gasteiger partial charge in [0.1, 0.15) is 5.54 Å². The van der Waals surface area contributed by atoms with Crippen LogP contribution in [0.25, 0.3) is 0 Å². The number of esters is 1. The van der Waals surface area contributed by atoms with Crippen molar-refractivity contribution >= 4 is 17.7 Å². The number of ether oxygens (including phenoxy) is 1. The molecule has 0 aromatic rings. The molecule has 0 amide bonds. The van der Waals surface area contributed by atoms with Crippen molar-refractivity contribution in [3.05, 3.63) is 0 Å². The molecule has 0 fully saturated rings. The van der Waals surface area contributed by atoms with Gasteiger partial charge in [-0.15, -0.1) is 0 Å². The summed E-state index contributed by atoms with van der Waals surface area (Å²) in [5.41, 5.74) is 4.83. The first-order valence-electron chi connectivity index (χ1n) is 5.18. The molecule has 2 unspecified atom stereocenters. The minimum atomic E-state index is -0.940. The van der Waals surface area contributed by atoms with E-state index < -0.39 is 17.6 Å². The number of hydrogen-bond acceptors (Lipinski definition) is 6. The maximum atomic E-state index is 11.2. The van der Waals surface area contributed by atoms with Crippen molar-refractivity contribution in [2.24, 2.45) is 5.73 Å². The SMILES string of the molecule is COC(=O)C(C)(N)CCCSCC(O)CO. The molecule has 0 aromatic carbocycles. The Balaban J connectivity index is 3.62. The first kappa shape index (κ1) is 15.7. The van der Waals surface area contributed by atoms with Crippen LogP contribution in [-0.2, 0) is 9.53 Å². The van der Waals surface area contributed by atoms with Crippen LogP contribution in [0, 0.1) is 0 Å². The van der Waals surface area contributed by atoms with Gasteiger partial charge in [-0.3, -0.25) is 4.79 Å². The van der Waals surface area contributed by atoms with Crippen LogP contribution in [0.4, 0.5) is 0 Å². The van der Waals surface area contributed by atoms with Gasteiger partial charge < -0.3 is 20.7 Å². The fraction of sp³-hybridized carbons (Fsp3) is 0.900. The maximum absolute atomic E-state index is 11.2. The van der Waals surface area contributed by atoms with Crippen molar-refractivity contribution in [3.63, 3.8) is 0 Å². The van der Waals surface area contributed by atoms with Crippen molar-refractivity contribution in [1.82, 2.24) is 0 Å². The summed E-state index contributed by atoms with van der Waals surface area (Å²) in [4.78, 5) is 11.2. The van der Waals surface area contributed by atoms with Crippen LogP contribution in [0.2, 0.25) is 0 Å². The van der Waals surface area contributed by atoms with E-state index in [0.717, 1.165) is 12.2 Å². The molecular formula is C10H21NO4S. The zero-order chi connectivity index (χ0) is 12.6. The second kappa shape index (κ2) is 7.89. The highest BCUT2D eigenvalue weighted by molar-refractivity contribution is 7.99. The average Bonchev–Trinajstić information content (AvgIpc) is 2.26. The van der Waals surface area contributed by atoms with Crippen molar-refractivity contribution in [2.45, 2.75) is 31.4 Å². The van der Waals surface area contributed by atoms with Gasteiger partial charge in [-0.05, 0) is 25.5 Å². The summed E-state index contributed by atoms with van der Waals surface area (Å²) in [6.45, 7) is 1.43. The average molecular weight is 251 g/mol. The molecule has 0 aliphatic heterocycles. The van der Waals surface area contributed by atoms with E-state index in [1.54, 1.807) is 6.92 Å². The summed E-state index contributed by atoms with van der Waals surface area (Å²) < 4.78 is 4.58. The molecule has 0 rings (SSSR count). The third-order valence-corrected chi connectivity index (χ3v) is 3.36. The highest BCUT2D eigenvalue weighted by atomic mass is 32.2. The predicted octanol–water partition coefficient (Wildman–Crippen LogP) is -0.257. The molecule has 0 bridgehead atoms. The van der Waals surface area contributed by atoms with Crippen LogP contribution in [-0.4, -0.2) is 53.0 Å². The van der Waals surface area contributed by atoms with E-state index in [0.29, 0.717) is 12.2 Å². The Kier molecular flexibility index (Phi) is 7.74. The number of aliphatic hydroxyl groups is 2. The number of hydrogen-bond donors (Lipinski definition) is 3. The van der Waals surface area contributed by atoms with Gasteiger partial charge in [0, 0.05) is 5.75 Å². The molecular weight excluding hydrogens is 230 g/mol. The molecule has 0 heterocycles. The number of thioether (sulfide) groups is 1. The fourth-order valence-corrected chi connectivity index (χ4v) is 2.04. The second-order valence-corrected chi connectivity index (χ2v) is 5.07. The van der Waals surface area contributed by atoms with Crippen LogP contribution in [0.3, 0.4) is 0 Å². The molecule has 2 atom stereocenters. The zero-order valence-electron chi connectivity index (χ0n) is 9.81. The van der Waals surface area contributed by atoms with Crippen molar-refractivity contribution in [2.75, 3.05) is 25.2 Å². The molecule has 96 valence electrons. The van der Waals surface area contributed by atoms with Gasteiger partial charge in [0.15, 0.2) is 0 Å². The van der Waals surface area contributed by atoms with E-state index in [-0.39, 0.29) is 6.61 Å². The fourth-order valence-electron chi connectivity index (χ4n) is 1.15. The molecule has 0 spiro atoms. The van der Waals surface area contributed by atoms with E-state index in [4.69, 9.17) is 15.9 Å². The van der Waals surface area contributed by atoms with Crippen LogP contribution in [0.5, 0.6) is 0 Å². The van der Waals surface area contributed by atoms with Gasteiger partial charge in [-0.25, -0.2) is 0 Å². The normalized spacial score (nSPS) is 16.6. The Morgan fingerprint density at radius 3 is 2.75 bits per heavy atom. The Hall–Kier alpha value is -0.300. The quantitative estimate of drug-likeness (QED) is 0.407. The van der Waals surface area contributed by atoms with E-state index in [2.05, 4.69) is 4.74 Å². The van der Waals surface area contributed by atoms with Gasteiger partial charge in [0.05, 0.1) is 19.8 Å². The molecule has 4 N–H and O–H groups in total. The van der Waals surface area contributed by atoms with Crippen molar-refractivity contribution in [3.8, 4) is 0 Å². The van der Waals surface area contributed by atoms with Gasteiger partial charge in [-0.1, -0.05) is 0 Å². The standard InChI is InChI=1S/C10H21NO4S/c1-10(11,9(14)15-2)4-3-5-16-7-8(13)6-12/h8,12-13H,3-7,11H2,1-2H3. The van der Waals surface area contributed by atoms with E-state index in [1.165, 1.54) is 18.9 Å². The Morgan fingerprint density at radius 1 is 1.62 bits per heavy atom. The molecule has 0 saturated heterocycles. The van der Waals surface area contributed by atoms with Gasteiger partial charge >= 0.3 is 5.97 Å². The highest BCUT2D eigenvalue weighted by Gasteiger charge is 2.28. The third kappa shape index (κ3) is 6.32. The topological polar surface area (TPSA) is 92.8 Å². The number of carbonyl (C=O) groups excluding carboxylic acids is 1. The second-order valence-electron chi connectivity index (χ2n) is 3.92. The minimum absolute atomic E-state index is 0.218. The lowest BCUT2D eigenvalue weighted by molar-refractivity contribution is -0.146. The number of carbonyl (C=O) groups is 1. The predicted molar refractivity (Wildman–Crippen MR) is 64.3 cm³/mol. The van der Waals surface area contributed by atoms with Crippen LogP contribution in [0.1, 0.15) is 19.8 Å². The van der Waals surface area contributed by atoms with E-state index in [9.17, 15) is 4.79 Å². The summed E-state index contributed by atoms with van der Waals surface area (Å²) in [5.74, 6) is 0.879. The minimum Gasteiger partial charge on any atom is -0.468 e. The Morgan fingerprint density at radius 2 is 2.25 bits per heavy atom. The molecule has 16 heavy (non-hydrogen) atoms. The van der Waals surface area contributed by atoms with Crippen molar-refractivity contribution in [1.29, 1.82) is 0 Å². The summed E-state index contributed by atoms with van der Waals surface area (Å²) in [7, 11) is 1.32. The van der Waals surface area contributed by atoms with Gasteiger partial charge in [-0.2, -0.15) is 11.8 Å². The van der Waals surface area contributed by atoms with Crippen molar-refractivity contribution < 1.29 is 19.7 Å². The largest absolute Gasteiger partial charge is 0.468 e. The number of rotatable bonds is 8. The van der Waals surface area contributed by atoms with Crippen LogP contribution in [0.15, 0.2) is 0 Å². The van der Waals surface area contributed by atoms with Gasteiger partial charge in [0.2, 0.25) is 0 Å². The molecule has 0 aromatic heterocycles. The van der Waals surface area contributed by atoms with E-state index >= 15 is 0 Å². The highest BCUT2D eigenvalue weighted by Crippen LogP contribution is 2.14. The zero-order valence-corrected chi connectivity index (χ0v) is 10.6. The number of nitrogens with two attached hydrogens (primary N) is 1. The molecule has 0 aliphatic rings. The number of aliphatic hydroxyl groups excluding tert-OH is 2. The molecule has 0 aliphatic carbocycles. The lowest BCUT2D eigenvalue weighted by atomic mass is 9.98. The first-order valence-corrected chi connectivity index (χ1v) is 6.33. The molecule has 6 heteroatoms. The lowest BCUT2D eigenvalue weighted by Gasteiger charge is -2.21. The molecule has 0 saturated carbocycles. The summed E-state index contributed by atoms with van der Waals surface area (Å²) in [6.07, 6.45) is 0.641. The van der Waals surface area contributed by atoms with E-state index in [1.807, 2.05) is 0 Å².